The maximum absolute atomic E-state index is 12.3. The van der Waals surface area contributed by atoms with E-state index in [1.807, 2.05) is 32.0 Å². The number of nitrogens with one attached hydrogen (secondary N) is 1. The maximum atomic E-state index is 12.3. The summed E-state index contributed by atoms with van der Waals surface area (Å²) in [4.78, 5) is 24.3. The van der Waals surface area contributed by atoms with E-state index in [0.717, 1.165) is 12.8 Å². The van der Waals surface area contributed by atoms with Crippen LogP contribution in [0.3, 0.4) is 0 Å². The van der Waals surface area contributed by atoms with Gasteiger partial charge in [0.25, 0.3) is 5.91 Å². The quantitative estimate of drug-likeness (QED) is 0.643. The minimum Gasteiger partial charge on any atom is -0.484 e. The summed E-state index contributed by atoms with van der Waals surface area (Å²) in [6.45, 7) is 4.34. The van der Waals surface area contributed by atoms with E-state index in [1.165, 1.54) is 0 Å². The van der Waals surface area contributed by atoms with E-state index in [-0.39, 0.29) is 36.2 Å². The lowest BCUT2D eigenvalue weighted by molar-refractivity contribution is -0.123. The van der Waals surface area contributed by atoms with Crippen LogP contribution >= 0.6 is 12.4 Å². The third-order valence-electron chi connectivity index (χ3n) is 4.57. The Morgan fingerprint density at radius 3 is 2.07 bits per heavy atom. The number of benzene rings is 2. The largest absolute Gasteiger partial charge is 0.484 e. The van der Waals surface area contributed by atoms with Gasteiger partial charge < -0.3 is 15.8 Å². The van der Waals surface area contributed by atoms with Crippen LogP contribution in [0.25, 0.3) is 0 Å². The summed E-state index contributed by atoms with van der Waals surface area (Å²) in [5.41, 5.74) is 6.99. The van der Waals surface area contributed by atoms with Gasteiger partial charge in [0.2, 0.25) is 0 Å². The highest BCUT2D eigenvalue weighted by Crippen LogP contribution is 2.15. The number of nitrogens with two attached hydrogens (primary N) is 1. The molecule has 0 aromatic heterocycles. The molecule has 1 amide bonds. The van der Waals surface area contributed by atoms with Crippen LogP contribution in [0.5, 0.6) is 5.75 Å². The molecule has 5 nitrogen and oxygen atoms in total. The second kappa shape index (κ2) is 10.7. The predicted molar refractivity (Wildman–Crippen MR) is 110 cm³/mol. The Labute approximate surface area is 166 Å². The Morgan fingerprint density at radius 1 is 0.963 bits per heavy atom. The second-order valence-corrected chi connectivity index (χ2v) is 6.35. The van der Waals surface area contributed by atoms with Crippen LogP contribution in [0, 0.1) is 0 Å². The highest BCUT2D eigenvalue weighted by molar-refractivity contribution is 6.08. The Balaban J connectivity index is 0.00000364. The van der Waals surface area contributed by atoms with Gasteiger partial charge in [0.05, 0.1) is 0 Å². The van der Waals surface area contributed by atoms with Crippen molar-refractivity contribution in [3.63, 3.8) is 0 Å². The van der Waals surface area contributed by atoms with Crippen LogP contribution in [0.2, 0.25) is 0 Å². The van der Waals surface area contributed by atoms with Crippen molar-refractivity contribution in [2.75, 3.05) is 13.2 Å². The average molecular weight is 391 g/mol. The second-order valence-electron chi connectivity index (χ2n) is 6.35. The van der Waals surface area contributed by atoms with Crippen LogP contribution in [-0.4, -0.2) is 30.4 Å². The van der Waals surface area contributed by atoms with E-state index in [4.69, 9.17) is 10.5 Å². The van der Waals surface area contributed by atoms with E-state index in [1.54, 1.807) is 36.4 Å². The van der Waals surface area contributed by atoms with Crippen molar-refractivity contribution in [1.82, 2.24) is 5.32 Å². The average Bonchev–Trinajstić information content (AvgIpc) is 2.71. The molecule has 146 valence electrons. The zero-order valence-corrected chi connectivity index (χ0v) is 16.6. The molecule has 3 N–H and O–H groups in total. The van der Waals surface area contributed by atoms with Gasteiger partial charge in [0, 0.05) is 23.2 Å². The molecule has 0 aliphatic rings. The molecule has 0 unspecified atom stereocenters. The normalized spacial score (nSPS) is 10.6. The summed E-state index contributed by atoms with van der Waals surface area (Å²) in [6.07, 6.45) is 1.59. The topological polar surface area (TPSA) is 81.4 Å². The van der Waals surface area contributed by atoms with E-state index in [9.17, 15) is 9.59 Å². The standard InChI is InChI=1S/C21H26N2O3.ClH/c1-3-21(22,4-2)15-23-19(24)14-26-18-12-10-17(11-13-18)20(25)16-8-6-5-7-9-16;/h5-13H,3-4,14-15,22H2,1-2H3,(H,23,24);1H. The van der Waals surface area contributed by atoms with Crippen LogP contribution in [0.4, 0.5) is 0 Å². The van der Waals surface area contributed by atoms with Crippen molar-refractivity contribution < 1.29 is 14.3 Å². The monoisotopic (exact) mass is 390 g/mol. The van der Waals surface area contributed by atoms with Gasteiger partial charge in [0.1, 0.15) is 5.75 Å². The number of hydrogen-bond donors (Lipinski definition) is 2. The van der Waals surface area contributed by atoms with Crippen LogP contribution in [0.15, 0.2) is 54.6 Å². The van der Waals surface area contributed by atoms with Gasteiger partial charge >= 0.3 is 0 Å². The van der Waals surface area contributed by atoms with Crippen LogP contribution in [-0.2, 0) is 4.79 Å². The lowest BCUT2D eigenvalue weighted by Crippen LogP contribution is -2.50. The zero-order valence-electron chi connectivity index (χ0n) is 15.7. The Morgan fingerprint density at radius 2 is 1.52 bits per heavy atom. The maximum Gasteiger partial charge on any atom is 0.258 e. The number of carbonyl (C=O) groups excluding carboxylic acids is 2. The molecular weight excluding hydrogens is 364 g/mol. The zero-order chi connectivity index (χ0) is 19.0. The fraction of sp³-hybridized carbons (Fsp3) is 0.333. The number of halogens is 1. The predicted octanol–water partition coefficient (Wildman–Crippen LogP) is 3.35. The molecule has 0 aliphatic carbocycles. The molecule has 0 saturated carbocycles. The first-order valence-corrected chi connectivity index (χ1v) is 8.85. The Kier molecular flexibility index (Phi) is 8.98. The molecule has 0 heterocycles. The number of hydrogen-bond acceptors (Lipinski definition) is 4. The fourth-order valence-electron chi connectivity index (χ4n) is 2.43. The first-order chi connectivity index (χ1) is 12.5. The molecule has 6 heteroatoms. The Bertz CT molecular complexity index is 729. The SMILES string of the molecule is CCC(N)(CC)CNC(=O)COc1ccc(C(=O)c2ccccc2)cc1.Cl. The number of rotatable bonds is 9. The summed E-state index contributed by atoms with van der Waals surface area (Å²) in [7, 11) is 0. The molecule has 0 saturated heterocycles. The van der Waals surface area contributed by atoms with E-state index >= 15 is 0 Å². The molecule has 0 atom stereocenters. The molecule has 0 bridgehead atoms. The van der Waals surface area contributed by atoms with Crippen molar-refractivity contribution in [2.24, 2.45) is 5.73 Å². The van der Waals surface area contributed by atoms with Gasteiger partial charge in [-0.05, 0) is 37.1 Å². The van der Waals surface area contributed by atoms with Gasteiger partial charge in [-0.25, -0.2) is 0 Å². The molecule has 0 spiro atoms. The molecule has 0 aliphatic heterocycles. The number of ether oxygens (including phenoxy) is 1. The summed E-state index contributed by atoms with van der Waals surface area (Å²) in [5, 5.41) is 2.80. The van der Waals surface area contributed by atoms with Crippen molar-refractivity contribution in [1.29, 1.82) is 0 Å². The van der Waals surface area contributed by atoms with Gasteiger partial charge in [-0.3, -0.25) is 9.59 Å². The molecule has 0 fully saturated rings. The lowest BCUT2D eigenvalue weighted by Gasteiger charge is -2.26. The van der Waals surface area contributed by atoms with Gasteiger partial charge in [-0.15, -0.1) is 12.4 Å². The van der Waals surface area contributed by atoms with Crippen molar-refractivity contribution in [3.8, 4) is 5.75 Å². The highest BCUT2D eigenvalue weighted by atomic mass is 35.5. The number of ketones is 1. The summed E-state index contributed by atoms with van der Waals surface area (Å²) in [6, 6.07) is 15.9. The minimum absolute atomic E-state index is 0. The van der Waals surface area contributed by atoms with Crippen LogP contribution in [0.1, 0.15) is 42.6 Å². The van der Waals surface area contributed by atoms with E-state index < -0.39 is 0 Å². The summed E-state index contributed by atoms with van der Waals surface area (Å²) < 4.78 is 5.48. The number of amides is 1. The Hall–Kier alpha value is -2.37. The van der Waals surface area contributed by atoms with E-state index in [0.29, 0.717) is 23.4 Å². The summed E-state index contributed by atoms with van der Waals surface area (Å²) in [5.74, 6) is 0.272. The molecule has 27 heavy (non-hydrogen) atoms. The molecule has 0 radical (unpaired) electrons. The highest BCUT2D eigenvalue weighted by Gasteiger charge is 2.20. The van der Waals surface area contributed by atoms with Crippen molar-refractivity contribution in [3.05, 3.63) is 65.7 Å². The fourth-order valence-corrected chi connectivity index (χ4v) is 2.43. The summed E-state index contributed by atoms with van der Waals surface area (Å²) >= 11 is 0. The molecular formula is C21H27ClN2O3. The first kappa shape index (κ1) is 22.7. The van der Waals surface area contributed by atoms with E-state index in [2.05, 4.69) is 5.32 Å². The number of carbonyl (C=O) groups is 2. The minimum atomic E-state index is -0.380. The van der Waals surface area contributed by atoms with Gasteiger partial charge in [-0.1, -0.05) is 44.2 Å². The third-order valence-corrected chi connectivity index (χ3v) is 4.57. The smallest absolute Gasteiger partial charge is 0.258 e. The molecule has 2 rings (SSSR count). The van der Waals surface area contributed by atoms with Crippen molar-refractivity contribution in [2.45, 2.75) is 32.2 Å². The molecule has 2 aromatic carbocycles. The van der Waals surface area contributed by atoms with Gasteiger partial charge in [-0.2, -0.15) is 0 Å². The van der Waals surface area contributed by atoms with Gasteiger partial charge in [0.15, 0.2) is 12.4 Å². The van der Waals surface area contributed by atoms with Crippen molar-refractivity contribution >= 4 is 24.1 Å². The lowest BCUT2D eigenvalue weighted by atomic mass is 9.94. The molecule has 2 aromatic rings. The first-order valence-electron chi connectivity index (χ1n) is 8.85. The third kappa shape index (κ3) is 6.70. The van der Waals surface area contributed by atoms with Crippen LogP contribution < -0.4 is 15.8 Å².